The molecule has 2 atom stereocenters. The average Bonchev–Trinajstić information content (AvgIpc) is 3.63. The van der Waals surface area contributed by atoms with E-state index < -0.39 is 5.97 Å². The van der Waals surface area contributed by atoms with Gasteiger partial charge in [-0.3, -0.25) is 4.79 Å². The molecular formula is C30H34O4. The van der Waals surface area contributed by atoms with E-state index in [9.17, 15) is 9.59 Å². The fourth-order valence-corrected chi connectivity index (χ4v) is 5.36. The lowest BCUT2D eigenvalue weighted by atomic mass is 9.63. The first-order valence-electron chi connectivity index (χ1n) is 12.4. The first kappa shape index (κ1) is 24.1. The van der Waals surface area contributed by atoms with Gasteiger partial charge >= 0.3 is 11.9 Å². The summed E-state index contributed by atoms with van der Waals surface area (Å²) >= 11 is 0. The van der Waals surface area contributed by atoms with Crippen LogP contribution in [0, 0.1) is 23.7 Å². The van der Waals surface area contributed by atoms with Crippen molar-refractivity contribution >= 4 is 11.9 Å². The molecule has 0 saturated heterocycles. The highest BCUT2D eigenvalue weighted by Crippen LogP contribution is 2.52. The molecule has 2 aliphatic rings. The molecule has 4 nitrogen and oxygen atoms in total. The molecule has 1 saturated carbocycles. The number of carbonyl (C=O) groups excluding carboxylic acids is 1. The SMILES string of the molecule is CCOC(=O)c1cc(C#Cc2ccc(CC(=O)O)cc2)cc2c1C(C(C)C1CC1)CCC2(C)C. The summed E-state index contributed by atoms with van der Waals surface area (Å²) < 4.78 is 5.49. The molecule has 0 amide bonds. The smallest absolute Gasteiger partial charge is 0.338 e. The van der Waals surface area contributed by atoms with Crippen LogP contribution in [0.15, 0.2) is 36.4 Å². The first-order chi connectivity index (χ1) is 16.2. The number of benzene rings is 2. The summed E-state index contributed by atoms with van der Waals surface area (Å²) in [5.74, 6) is 7.02. The molecule has 2 unspecified atom stereocenters. The van der Waals surface area contributed by atoms with E-state index in [-0.39, 0.29) is 17.8 Å². The second-order valence-corrected chi connectivity index (χ2v) is 10.4. The normalized spacial score (nSPS) is 19.4. The molecule has 2 aromatic rings. The number of rotatable bonds is 6. The Morgan fingerprint density at radius 2 is 1.76 bits per heavy atom. The minimum Gasteiger partial charge on any atom is -0.481 e. The van der Waals surface area contributed by atoms with Gasteiger partial charge in [-0.2, -0.15) is 0 Å². The van der Waals surface area contributed by atoms with Gasteiger partial charge in [0.25, 0.3) is 0 Å². The number of fused-ring (bicyclic) bond motifs is 1. The Hall–Kier alpha value is -3.06. The van der Waals surface area contributed by atoms with Crippen LogP contribution in [-0.2, 0) is 21.4 Å². The number of esters is 1. The molecule has 0 spiro atoms. The van der Waals surface area contributed by atoms with Crippen molar-refractivity contribution in [2.45, 2.75) is 71.1 Å². The van der Waals surface area contributed by atoms with Crippen molar-refractivity contribution in [3.8, 4) is 11.8 Å². The standard InChI is InChI=1S/C30H34O4/c1-5-34-29(33)25-16-22(11-8-20-6-9-21(10-7-20)18-27(31)32)17-26-28(25)24(14-15-30(26,3)4)19(2)23-12-13-23/h6-7,9-10,16-17,19,23-24H,5,12-15,18H2,1-4H3,(H,31,32). The summed E-state index contributed by atoms with van der Waals surface area (Å²) in [4.78, 5) is 24.0. The van der Waals surface area contributed by atoms with Gasteiger partial charge in [0.1, 0.15) is 0 Å². The Labute approximate surface area is 202 Å². The highest BCUT2D eigenvalue weighted by Gasteiger charge is 2.42. The third-order valence-electron chi connectivity index (χ3n) is 7.52. The van der Waals surface area contributed by atoms with E-state index in [0.29, 0.717) is 24.0 Å². The molecule has 4 heteroatoms. The van der Waals surface area contributed by atoms with E-state index in [1.54, 1.807) is 12.1 Å². The van der Waals surface area contributed by atoms with Crippen molar-refractivity contribution in [2.75, 3.05) is 6.61 Å². The Kier molecular flexibility index (Phi) is 6.84. The van der Waals surface area contributed by atoms with Crippen LogP contribution in [0.2, 0.25) is 0 Å². The Bertz CT molecular complexity index is 1140. The van der Waals surface area contributed by atoms with Gasteiger partial charge in [0.2, 0.25) is 0 Å². The summed E-state index contributed by atoms with van der Waals surface area (Å²) in [6.45, 7) is 9.06. The van der Waals surface area contributed by atoms with Crippen molar-refractivity contribution in [2.24, 2.45) is 11.8 Å². The third kappa shape index (κ3) is 5.20. The zero-order valence-electron chi connectivity index (χ0n) is 20.6. The van der Waals surface area contributed by atoms with Crippen LogP contribution in [0.4, 0.5) is 0 Å². The highest BCUT2D eigenvalue weighted by atomic mass is 16.5. The maximum absolute atomic E-state index is 13.1. The number of carboxylic acid groups (broad SMARTS) is 1. The van der Waals surface area contributed by atoms with Crippen LogP contribution in [0.25, 0.3) is 0 Å². The number of carboxylic acids is 1. The van der Waals surface area contributed by atoms with Crippen molar-refractivity contribution < 1.29 is 19.4 Å². The quantitative estimate of drug-likeness (QED) is 0.420. The third-order valence-corrected chi connectivity index (χ3v) is 7.52. The Balaban J connectivity index is 1.75. The Morgan fingerprint density at radius 3 is 2.38 bits per heavy atom. The summed E-state index contributed by atoms with van der Waals surface area (Å²) in [5.41, 5.74) is 5.40. The Morgan fingerprint density at radius 1 is 1.09 bits per heavy atom. The van der Waals surface area contributed by atoms with Crippen molar-refractivity contribution in [1.82, 2.24) is 0 Å². The zero-order chi connectivity index (χ0) is 24.5. The van der Waals surface area contributed by atoms with Crippen LogP contribution in [0.1, 0.15) is 97.5 Å². The first-order valence-corrected chi connectivity index (χ1v) is 12.4. The molecule has 34 heavy (non-hydrogen) atoms. The molecule has 1 N–H and O–H groups in total. The van der Waals surface area contributed by atoms with Crippen LogP contribution in [0.5, 0.6) is 0 Å². The van der Waals surface area contributed by atoms with Gasteiger partial charge in [0.15, 0.2) is 0 Å². The van der Waals surface area contributed by atoms with Gasteiger partial charge in [0.05, 0.1) is 18.6 Å². The second-order valence-electron chi connectivity index (χ2n) is 10.4. The lowest BCUT2D eigenvalue weighted by molar-refractivity contribution is -0.136. The van der Waals surface area contributed by atoms with Gasteiger partial charge in [-0.1, -0.05) is 44.7 Å². The molecule has 2 aliphatic carbocycles. The molecular weight excluding hydrogens is 424 g/mol. The molecule has 0 radical (unpaired) electrons. The molecule has 0 heterocycles. The number of hydrogen-bond acceptors (Lipinski definition) is 3. The van der Waals surface area contributed by atoms with Crippen molar-refractivity contribution in [3.05, 3.63) is 69.8 Å². The fraction of sp³-hybridized carbons (Fsp3) is 0.467. The minimum absolute atomic E-state index is 0.00302. The molecule has 1 fully saturated rings. The average molecular weight is 459 g/mol. The zero-order valence-corrected chi connectivity index (χ0v) is 20.6. The number of aliphatic carboxylic acids is 1. The predicted octanol–water partition coefficient (Wildman–Crippen LogP) is 6.09. The summed E-state index contributed by atoms with van der Waals surface area (Å²) in [6, 6.07) is 11.4. The number of hydrogen-bond donors (Lipinski definition) is 1. The summed E-state index contributed by atoms with van der Waals surface area (Å²) in [7, 11) is 0. The lowest BCUT2D eigenvalue weighted by Crippen LogP contribution is -2.31. The largest absolute Gasteiger partial charge is 0.481 e. The molecule has 4 rings (SSSR count). The van der Waals surface area contributed by atoms with Crippen LogP contribution in [-0.4, -0.2) is 23.7 Å². The van der Waals surface area contributed by atoms with Gasteiger partial charge in [0, 0.05) is 11.1 Å². The predicted molar refractivity (Wildman–Crippen MR) is 133 cm³/mol. The maximum Gasteiger partial charge on any atom is 0.338 e. The molecule has 2 aromatic carbocycles. The minimum atomic E-state index is -0.851. The molecule has 0 aromatic heterocycles. The van der Waals surface area contributed by atoms with E-state index in [0.717, 1.165) is 35.4 Å². The molecule has 0 aliphatic heterocycles. The van der Waals surface area contributed by atoms with E-state index >= 15 is 0 Å². The topological polar surface area (TPSA) is 63.6 Å². The van der Waals surface area contributed by atoms with Gasteiger partial charge in [-0.15, -0.1) is 0 Å². The lowest BCUT2D eigenvalue weighted by Gasteiger charge is -2.40. The van der Waals surface area contributed by atoms with Crippen molar-refractivity contribution in [3.63, 3.8) is 0 Å². The van der Waals surface area contributed by atoms with Crippen LogP contribution in [0.3, 0.4) is 0 Å². The second kappa shape index (κ2) is 9.66. The van der Waals surface area contributed by atoms with E-state index in [1.165, 1.54) is 24.0 Å². The maximum atomic E-state index is 13.1. The van der Waals surface area contributed by atoms with E-state index in [1.807, 2.05) is 25.1 Å². The van der Waals surface area contributed by atoms with Gasteiger partial charge in [-0.25, -0.2) is 4.79 Å². The summed E-state index contributed by atoms with van der Waals surface area (Å²) in [5, 5.41) is 8.96. The van der Waals surface area contributed by atoms with Gasteiger partial charge < -0.3 is 9.84 Å². The number of carbonyl (C=O) groups is 2. The number of ether oxygens (including phenoxy) is 1. The van der Waals surface area contributed by atoms with E-state index in [4.69, 9.17) is 9.84 Å². The molecule has 178 valence electrons. The summed E-state index contributed by atoms with van der Waals surface area (Å²) in [6.07, 6.45) is 4.76. The van der Waals surface area contributed by atoms with E-state index in [2.05, 4.69) is 38.7 Å². The molecule has 0 bridgehead atoms. The fourth-order valence-electron chi connectivity index (χ4n) is 5.36. The van der Waals surface area contributed by atoms with Crippen molar-refractivity contribution in [1.29, 1.82) is 0 Å². The van der Waals surface area contributed by atoms with Crippen LogP contribution < -0.4 is 0 Å². The van der Waals surface area contributed by atoms with Gasteiger partial charge in [-0.05, 0) is 96.7 Å². The highest BCUT2D eigenvalue weighted by molar-refractivity contribution is 5.92. The monoisotopic (exact) mass is 458 g/mol. The van der Waals surface area contributed by atoms with Crippen LogP contribution >= 0.6 is 0 Å².